The number of sulfone groups is 1. The number of hydrogen-bond acceptors (Lipinski definition) is 4. The van der Waals surface area contributed by atoms with Gasteiger partial charge in [-0.1, -0.05) is 30.3 Å². The third kappa shape index (κ3) is 3.69. The summed E-state index contributed by atoms with van der Waals surface area (Å²) in [6, 6.07) is 15.4. The van der Waals surface area contributed by atoms with Crippen molar-refractivity contribution in [1.82, 2.24) is 10.3 Å². The van der Waals surface area contributed by atoms with Crippen LogP contribution in [0.5, 0.6) is 0 Å². The number of aromatic nitrogens is 1. The summed E-state index contributed by atoms with van der Waals surface area (Å²) in [7, 11) is -3.23. The number of hydrogen-bond donors (Lipinski definition) is 1. The summed E-state index contributed by atoms with van der Waals surface area (Å²) < 4.78 is 23.1. The number of rotatable bonds is 4. The molecule has 0 bridgehead atoms. The highest BCUT2D eigenvalue weighted by atomic mass is 32.2. The van der Waals surface area contributed by atoms with Gasteiger partial charge in [-0.2, -0.15) is 0 Å². The van der Waals surface area contributed by atoms with Gasteiger partial charge in [0.15, 0.2) is 9.84 Å². The molecule has 1 aromatic heterocycles. The molecular weight excluding hydrogens is 336 g/mol. The van der Waals surface area contributed by atoms with E-state index in [1.54, 1.807) is 36.5 Å². The molecule has 0 saturated carbocycles. The summed E-state index contributed by atoms with van der Waals surface area (Å²) in [5, 5.41) is 3.74. The van der Waals surface area contributed by atoms with Gasteiger partial charge in [-0.3, -0.25) is 9.78 Å². The highest BCUT2D eigenvalue weighted by Crippen LogP contribution is 2.19. The Hall–Kier alpha value is -2.73. The highest BCUT2D eigenvalue weighted by molar-refractivity contribution is 7.90. The van der Waals surface area contributed by atoms with Crippen LogP contribution in [-0.4, -0.2) is 25.6 Å². The van der Waals surface area contributed by atoms with Crippen LogP contribution < -0.4 is 5.32 Å². The van der Waals surface area contributed by atoms with Crippen molar-refractivity contribution in [3.63, 3.8) is 0 Å². The van der Waals surface area contributed by atoms with Gasteiger partial charge in [0.2, 0.25) is 0 Å². The van der Waals surface area contributed by atoms with E-state index in [-0.39, 0.29) is 16.8 Å². The monoisotopic (exact) mass is 354 g/mol. The second kappa shape index (κ2) is 6.64. The van der Waals surface area contributed by atoms with Crippen LogP contribution in [0.2, 0.25) is 0 Å². The second-order valence-electron chi connectivity index (χ2n) is 5.91. The number of carbonyl (C=O) groups is 1. The van der Waals surface area contributed by atoms with E-state index in [4.69, 9.17) is 0 Å². The van der Waals surface area contributed by atoms with Gasteiger partial charge in [0.25, 0.3) is 5.91 Å². The number of nitrogens with one attached hydrogen (secondary N) is 1. The Balaban J connectivity index is 1.82. The lowest BCUT2D eigenvalue weighted by molar-refractivity contribution is 0.0941. The molecule has 1 unspecified atom stereocenters. The summed E-state index contributed by atoms with van der Waals surface area (Å²) in [6.07, 6.45) is 2.78. The number of carbonyl (C=O) groups excluding carboxylic acids is 1. The van der Waals surface area contributed by atoms with Crippen LogP contribution in [0.3, 0.4) is 0 Å². The molecule has 5 nitrogen and oxygen atoms in total. The largest absolute Gasteiger partial charge is 0.345 e. The first-order chi connectivity index (χ1) is 11.9. The zero-order chi connectivity index (χ0) is 18.0. The van der Waals surface area contributed by atoms with Crippen molar-refractivity contribution in [1.29, 1.82) is 0 Å². The molecule has 1 heterocycles. The molecule has 3 aromatic rings. The van der Waals surface area contributed by atoms with Crippen molar-refractivity contribution in [2.75, 3.05) is 6.26 Å². The van der Waals surface area contributed by atoms with Crippen LogP contribution in [0.25, 0.3) is 10.9 Å². The second-order valence-corrected chi connectivity index (χ2v) is 7.93. The fourth-order valence-corrected chi connectivity index (χ4v) is 3.29. The summed E-state index contributed by atoms with van der Waals surface area (Å²) in [5.41, 5.74) is 2.16. The van der Waals surface area contributed by atoms with Crippen molar-refractivity contribution >= 4 is 26.6 Å². The number of benzene rings is 2. The van der Waals surface area contributed by atoms with Gasteiger partial charge in [-0.25, -0.2) is 8.42 Å². The fourth-order valence-electron chi connectivity index (χ4n) is 2.66. The molecule has 128 valence electrons. The van der Waals surface area contributed by atoms with Crippen LogP contribution >= 0.6 is 0 Å². The van der Waals surface area contributed by atoms with Gasteiger partial charge in [0, 0.05) is 17.8 Å². The minimum Gasteiger partial charge on any atom is -0.345 e. The first kappa shape index (κ1) is 17.1. The molecule has 0 aliphatic rings. The fraction of sp³-hybridized carbons (Fsp3) is 0.158. The first-order valence-corrected chi connectivity index (χ1v) is 9.70. The van der Waals surface area contributed by atoms with E-state index in [2.05, 4.69) is 10.3 Å². The molecule has 1 atom stereocenters. The molecule has 0 spiro atoms. The van der Waals surface area contributed by atoms with Crippen molar-refractivity contribution in [2.45, 2.75) is 17.9 Å². The number of amides is 1. The van der Waals surface area contributed by atoms with E-state index in [1.165, 1.54) is 6.26 Å². The minimum atomic E-state index is -3.23. The van der Waals surface area contributed by atoms with Gasteiger partial charge in [-0.15, -0.1) is 0 Å². The maximum Gasteiger partial charge on any atom is 0.252 e. The molecule has 1 amide bonds. The molecular formula is C19H18N2O3S. The number of fused-ring (bicyclic) bond motifs is 1. The summed E-state index contributed by atoms with van der Waals surface area (Å²) >= 11 is 0. The third-order valence-corrected chi connectivity index (χ3v) is 5.18. The number of pyridine rings is 1. The molecule has 3 rings (SSSR count). The molecule has 0 fully saturated rings. The molecule has 6 heteroatoms. The van der Waals surface area contributed by atoms with E-state index in [1.807, 2.05) is 31.2 Å². The number of nitrogens with zero attached hydrogens (tertiary/aromatic N) is 1. The summed E-state index contributed by atoms with van der Waals surface area (Å²) in [4.78, 5) is 17.2. The van der Waals surface area contributed by atoms with Crippen molar-refractivity contribution in [2.24, 2.45) is 0 Å². The lowest BCUT2D eigenvalue weighted by atomic mass is 10.1. The summed E-state index contributed by atoms with van der Waals surface area (Å²) in [6.45, 7) is 1.86. The Morgan fingerprint density at radius 3 is 2.40 bits per heavy atom. The van der Waals surface area contributed by atoms with Crippen LogP contribution in [0, 0.1) is 0 Å². The lowest BCUT2D eigenvalue weighted by Gasteiger charge is -2.15. The quantitative estimate of drug-likeness (QED) is 0.781. The Morgan fingerprint density at radius 1 is 1.04 bits per heavy atom. The van der Waals surface area contributed by atoms with Crippen LogP contribution in [0.4, 0.5) is 0 Å². The van der Waals surface area contributed by atoms with Gasteiger partial charge in [0.05, 0.1) is 22.0 Å². The van der Waals surface area contributed by atoms with Crippen molar-refractivity contribution in [3.8, 4) is 0 Å². The van der Waals surface area contributed by atoms with E-state index < -0.39 is 9.84 Å². The maximum absolute atomic E-state index is 12.6. The average Bonchev–Trinajstić information content (AvgIpc) is 2.60. The molecule has 2 aromatic carbocycles. The van der Waals surface area contributed by atoms with Gasteiger partial charge in [-0.05, 0) is 36.8 Å². The van der Waals surface area contributed by atoms with E-state index in [9.17, 15) is 13.2 Å². The molecule has 1 N–H and O–H groups in total. The molecule has 0 aliphatic heterocycles. The van der Waals surface area contributed by atoms with Gasteiger partial charge in [0.1, 0.15) is 0 Å². The van der Waals surface area contributed by atoms with Crippen LogP contribution in [0.15, 0.2) is 65.7 Å². The normalized spacial score (nSPS) is 12.7. The zero-order valence-electron chi connectivity index (χ0n) is 13.9. The molecule has 0 saturated heterocycles. The van der Waals surface area contributed by atoms with Crippen LogP contribution in [0.1, 0.15) is 28.9 Å². The SMILES string of the molecule is CC(NC(=O)c1ccnc2ccccc12)c1ccc(S(C)(=O)=O)cc1. The van der Waals surface area contributed by atoms with Gasteiger partial charge < -0.3 is 5.32 Å². The highest BCUT2D eigenvalue weighted by Gasteiger charge is 2.15. The maximum atomic E-state index is 12.6. The summed E-state index contributed by atoms with van der Waals surface area (Å²) in [5.74, 6) is -0.196. The van der Waals surface area contributed by atoms with E-state index in [0.29, 0.717) is 5.56 Å². The lowest BCUT2D eigenvalue weighted by Crippen LogP contribution is -2.26. The minimum absolute atomic E-state index is 0.196. The van der Waals surface area contributed by atoms with Gasteiger partial charge >= 0.3 is 0 Å². The van der Waals surface area contributed by atoms with Crippen molar-refractivity contribution < 1.29 is 13.2 Å². The predicted octanol–water partition coefficient (Wildman–Crippen LogP) is 3.13. The molecule has 0 radical (unpaired) electrons. The first-order valence-electron chi connectivity index (χ1n) is 7.81. The Kier molecular flexibility index (Phi) is 4.55. The standard InChI is InChI=1S/C19H18N2O3S/c1-13(14-7-9-15(10-8-14)25(2,23)24)21-19(22)17-11-12-20-18-6-4-3-5-16(17)18/h3-13H,1-2H3,(H,21,22). The average molecular weight is 354 g/mol. The van der Waals surface area contributed by atoms with E-state index in [0.717, 1.165) is 16.5 Å². The Morgan fingerprint density at radius 2 is 1.72 bits per heavy atom. The van der Waals surface area contributed by atoms with E-state index >= 15 is 0 Å². The molecule has 25 heavy (non-hydrogen) atoms. The number of para-hydroxylation sites is 1. The van der Waals surface area contributed by atoms with Crippen LogP contribution in [-0.2, 0) is 9.84 Å². The third-order valence-electron chi connectivity index (χ3n) is 4.05. The predicted molar refractivity (Wildman–Crippen MR) is 97.2 cm³/mol. The topological polar surface area (TPSA) is 76.1 Å². The molecule has 0 aliphatic carbocycles. The zero-order valence-corrected chi connectivity index (χ0v) is 14.7. The van der Waals surface area contributed by atoms with Crippen molar-refractivity contribution in [3.05, 3.63) is 71.9 Å². The smallest absolute Gasteiger partial charge is 0.252 e. The Bertz CT molecular complexity index is 1020. The Labute approximate surface area is 146 Å².